The van der Waals surface area contributed by atoms with Crippen LogP contribution in [0.3, 0.4) is 0 Å². The fourth-order valence-corrected chi connectivity index (χ4v) is 2.01. The van der Waals surface area contributed by atoms with Gasteiger partial charge in [0.05, 0.1) is 12.7 Å². The van der Waals surface area contributed by atoms with Crippen molar-refractivity contribution in [3.63, 3.8) is 0 Å². The Bertz CT molecular complexity index is 428. The highest BCUT2D eigenvalue weighted by Crippen LogP contribution is 2.21. The SMILES string of the molecule is COC(=O)c1cc(NC2CCOCC2)ccc1N. The summed E-state index contributed by atoms with van der Waals surface area (Å²) in [5.74, 6) is -0.414. The molecule has 1 aliphatic heterocycles. The van der Waals surface area contributed by atoms with Crippen molar-refractivity contribution in [3.8, 4) is 0 Å². The normalized spacial score (nSPS) is 16.3. The van der Waals surface area contributed by atoms with Gasteiger partial charge >= 0.3 is 5.97 Å². The number of esters is 1. The van der Waals surface area contributed by atoms with Crippen LogP contribution in [0.5, 0.6) is 0 Å². The van der Waals surface area contributed by atoms with Gasteiger partial charge in [0.15, 0.2) is 0 Å². The van der Waals surface area contributed by atoms with Crippen LogP contribution in [-0.2, 0) is 9.47 Å². The molecule has 0 amide bonds. The van der Waals surface area contributed by atoms with Crippen LogP contribution in [0, 0.1) is 0 Å². The summed E-state index contributed by atoms with van der Waals surface area (Å²) in [6.45, 7) is 1.55. The summed E-state index contributed by atoms with van der Waals surface area (Å²) in [5.41, 5.74) is 7.46. The second-order valence-corrected chi connectivity index (χ2v) is 4.32. The molecule has 2 rings (SSSR count). The number of rotatable bonds is 3. The molecule has 5 nitrogen and oxygen atoms in total. The zero-order chi connectivity index (χ0) is 13.0. The van der Waals surface area contributed by atoms with E-state index in [-0.39, 0.29) is 0 Å². The predicted octanol–water partition coefficient (Wildman–Crippen LogP) is 1.65. The first-order chi connectivity index (χ1) is 8.70. The maximum Gasteiger partial charge on any atom is 0.340 e. The first-order valence-corrected chi connectivity index (χ1v) is 6.03. The number of hydrogen-bond acceptors (Lipinski definition) is 5. The number of carbonyl (C=O) groups excluding carboxylic acids is 1. The van der Waals surface area contributed by atoms with E-state index in [4.69, 9.17) is 15.2 Å². The standard InChI is InChI=1S/C13H18N2O3/c1-17-13(16)11-8-10(2-3-12(11)14)15-9-4-6-18-7-5-9/h2-3,8-9,15H,4-7,14H2,1H3. The van der Waals surface area contributed by atoms with Gasteiger partial charge in [-0.1, -0.05) is 0 Å². The van der Waals surface area contributed by atoms with Crippen LogP contribution >= 0.6 is 0 Å². The molecular weight excluding hydrogens is 232 g/mol. The van der Waals surface area contributed by atoms with Crippen molar-refractivity contribution >= 4 is 17.3 Å². The van der Waals surface area contributed by atoms with Gasteiger partial charge in [0.1, 0.15) is 0 Å². The minimum absolute atomic E-state index is 0.382. The lowest BCUT2D eigenvalue weighted by molar-refractivity contribution is 0.0602. The molecule has 0 aliphatic carbocycles. The molecule has 1 aromatic rings. The molecule has 0 radical (unpaired) electrons. The van der Waals surface area contributed by atoms with E-state index in [2.05, 4.69) is 5.32 Å². The van der Waals surface area contributed by atoms with Gasteiger partial charge in [-0.3, -0.25) is 0 Å². The third-order valence-electron chi connectivity index (χ3n) is 3.05. The predicted molar refractivity (Wildman–Crippen MR) is 69.7 cm³/mol. The molecule has 1 aliphatic rings. The molecule has 1 saturated heterocycles. The lowest BCUT2D eigenvalue weighted by atomic mass is 10.1. The van der Waals surface area contributed by atoms with Crippen LogP contribution in [-0.4, -0.2) is 32.3 Å². The molecule has 1 fully saturated rings. The quantitative estimate of drug-likeness (QED) is 0.630. The van der Waals surface area contributed by atoms with Crippen LogP contribution in [0.15, 0.2) is 18.2 Å². The topological polar surface area (TPSA) is 73.6 Å². The largest absolute Gasteiger partial charge is 0.465 e. The molecule has 0 unspecified atom stereocenters. The summed E-state index contributed by atoms with van der Waals surface area (Å²) in [4.78, 5) is 11.5. The van der Waals surface area contributed by atoms with E-state index in [1.165, 1.54) is 7.11 Å². The van der Waals surface area contributed by atoms with Crippen molar-refractivity contribution in [3.05, 3.63) is 23.8 Å². The zero-order valence-electron chi connectivity index (χ0n) is 10.4. The average Bonchev–Trinajstić information content (AvgIpc) is 2.41. The van der Waals surface area contributed by atoms with Gasteiger partial charge in [-0.2, -0.15) is 0 Å². The molecule has 0 spiro atoms. The lowest BCUT2D eigenvalue weighted by Gasteiger charge is -2.24. The highest BCUT2D eigenvalue weighted by Gasteiger charge is 2.15. The molecule has 3 N–H and O–H groups in total. The fraction of sp³-hybridized carbons (Fsp3) is 0.462. The molecule has 5 heteroatoms. The smallest absolute Gasteiger partial charge is 0.340 e. The molecule has 98 valence electrons. The second-order valence-electron chi connectivity index (χ2n) is 4.32. The minimum atomic E-state index is -0.414. The molecule has 0 atom stereocenters. The van der Waals surface area contributed by atoms with Crippen molar-refractivity contribution in [1.29, 1.82) is 0 Å². The van der Waals surface area contributed by atoms with Gasteiger partial charge in [0.2, 0.25) is 0 Å². The van der Waals surface area contributed by atoms with Gasteiger partial charge in [-0.25, -0.2) is 4.79 Å². The van der Waals surface area contributed by atoms with Crippen molar-refractivity contribution < 1.29 is 14.3 Å². The molecule has 0 aromatic heterocycles. The van der Waals surface area contributed by atoms with E-state index in [0.29, 0.717) is 17.3 Å². The van der Waals surface area contributed by atoms with Crippen molar-refractivity contribution in [2.24, 2.45) is 0 Å². The van der Waals surface area contributed by atoms with Gasteiger partial charge < -0.3 is 20.5 Å². The maximum absolute atomic E-state index is 11.5. The fourth-order valence-electron chi connectivity index (χ4n) is 2.01. The number of hydrogen-bond donors (Lipinski definition) is 2. The van der Waals surface area contributed by atoms with E-state index in [0.717, 1.165) is 31.7 Å². The summed E-state index contributed by atoms with van der Waals surface area (Å²) in [6, 6.07) is 5.70. The van der Waals surface area contributed by atoms with E-state index in [1.807, 2.05) is 6.07 Å². The number of carbonyl (C=O) groups is 1. The molecule has 1 aromatic carbocycles. The van der Waals surface area contributed by atoms with Crippen LogP contribution in [0.1, 0.15) is 23.2 Å². The first kappa shape index (κ1) is 12.7. The summed E-state index contributed by atoms with van der Waals surface area (Å²) in [6.07, 6.45) is 1.94. The Morgan fingerprint density at radius 2 is 2.17 bits per heavy atom. The molecular formula is C13H18N2O3. The Balaban J connectivity index is 2.11. The van der Waals surface area contributed by atoms with Crippen molar-refractivity contribution in [2.75, 3.05) is 31.4 Å². The Labute approximate surface area is 106 Å². The van der Waals surface area contributed by atoms with E-state index in [1.54, 1.807) is 12.1 Å². The Hall–Kier alpha value is -1.75. The highest BCUT2D eigenvalue weighted by molar-refractivity contribution is 5.96. The third kappa shape index (κ3) is 2.92. The first-order valence-electron chi connectivity index (χ1n) is 6.03. The third-order valence-corrected chi connectivity index (χ3v) is 3.05. The number of nitrogens with one attached hydrogen (secondary N) is 1. The molecule has 0 bridgehead atoms. The summed E-state index contributed by atoms with van der Waals surface area (Å²) in [7, 11) is 1.35. The van der Waals surface area contributed by atoms with Crippen molar-refractivity contribution in [2.45, 2.75) is 18.9 Å². The Kier molecular flexibility index (Phi) is 4.04. The molecule has 18 heavy (non-hydrogen) atoms. The maximum atomic E-state index is 11.5. The number of benzene rings is 1. The number of nitrogens with two attached hydrogens (primary N) is 1. The van der Waals surface area contributed by atoms with E-state index < -0.39 is 5.97 Å². The average molecular weight is 250 g/mol. The summed E-state index contributed by atoms with van der Waals surface area (Å²) < 4.78 is 10.00. The molecule has 1 heterocycles. The zero-order valence-corrected chi connectivity index (χ0v) is 10.4. The lowest BCUT2D eigenvalue weighted by Crippen LogP contribution is -2.27. The van der Waals surface area contributed by atoms with Crippen LogP contribution in [0.2, 0.25) is 0 Å². The van der Waals surface area contributed by atoms with E-state index >= 15 is 0 Å². The second kappa shape index (κ2) is 5.73. The van der Waals surface area contributed by atoms with Gasteiger partial charge in [0, 0.05) is 30.6 Å². The van der Waals surface area contributed by atoms with Crippen LogP contribution in [0.4, 0.5) is 11.4 Å². The van der Waals surface area contributed by atoms with Crippen molar-refractivity contribution in [1.82, 2.24) is 0 Å². The highest BCUT2D eigenvalue weighted by atomic mass is 16.5. The summed E-state index contributed by atoms with van der Waals surface area (Å²) >= 11 is 0. The Morgan fingerprint density at radius 1 is 1.44 bits per heavy atom. The van der Waals surface area contributed by atoms with Crippen LogP contribution < -0.4 is 11.1 Å². The number of methoxy groups -OCH3 is 1. The summed E-state index contributed by atoms with van der Waals surface area (Å²) in [5, 5.41) is 3.38. The van der Waals surface area contributed by atoms with E-state index in [9.17, 15) is 4.79 Å². The number of anilines is 2. The monoisotopic (exact) mass is 250 g/mol. The molecule has 0 saturated carbocycles. The van der Waals surface area contributed by atoms with Crippen LogP contribution in [0.25, 0.3) is 0 Å². The van der Waals surface area contributed by atoms with Gasteiger partial charge in [-0.05, 0) is 31.0 Å². The van der Waals surface area contributed by atoms with Gasteiger partial charge in [-0.15, -0.1) is 0 Å². The number of ether oxygens (including phenoxy) is 2. The Morgan fingerprint density at radius 3 is 2.83 bits per heavy atom. The minimum Gasteiger partial charge on any atom is -0.465 e. The number of nitrogen functional groups attached to an aromatic ring is 1. The van der Waals surface area contributed by atoms with Gasteiger partial charge in [0.25, 0.3) is 0 Å².